The molecule has 6 heteroatoms. The summed E-state index contributed by atoms with van der Waals surface area (Å²) < 4.78 is 19.9. The van der Waals surface area contributed by atoms with Crippen molar-refractivity contribution in [3.8, 4) is 0 Å². The van der Waals surface area contributed by atoms with Crippen molar-refractivity contribution >= 4 is 28.3 Å². The summed E-state index contributed by atoms with van der Waals surface area (Å²) in [5.41, 5.74) is 2.27. The maximum Gasteiger partial charge on any atom is 0.138 e. The minimum atomic E-state index is -0.136. The molecule has 0 aliphatic carbocycles. The van der Waals surface area contributed by atoms with Crippen molar-refractivity contribution in [3.63, 3.8) is 0 Å². The molecule has 0 N–H and O–H groups in total. The molecule has 0 bridgehead atoms. The van der Waals surface area contributed by atoms with Gasteiger partial charge in [0, 0.05) is 19.5 Å². The third-order valence-electron chi connectivity index (χ3n) is 5.47. The lowest BCUT2D eigenvalue weighted by molar-refractivity contribution is -0.185. The fraction of sp³-hybridized carbons (Fsp3) is 0.480. The monoisotopic (exact) mass is 459 g/mol. The normalized spacial score (nSPS) is 23.5. The van der Waals surface area contributed by atoms with Crippen LogP contribution in [0.3, 0.4) is 0 Å². The van der Waals surface area contributed by atoms with Gasteiger partial charge in [0.05, 0.1) is 25.4 Å². The highest BCUT2D eigenvalue weighted by Gasteiger charge is 2.39. The van der Waals surface area contributed by atoms with Crippen molar-refractivity contribution in [3.05, 3.63) is 71.8 Å². The third kappa shape index (κ3) is 7.29. The first kappa shape index (κ1) is 24.2. The predicted molar refractivity (Wildman–Crippen MR) is 132 cm³/mol. The number of hydrogen-bond donors (Lipinski definition) is 0. The molecule has 1 heterocycles. The Morgan fingerprint density at radius 3 is 2.06 bits per heavy atom. The SMILES string of the molecule is CCN(CC)C(=S)S[C@H]1C[C@H](OCc2ccccc2)[C@@H](OCc2ccccc2)[C@H](C)O1. The summed E-state index contributed by atoms with van der Waals surface area (Å²) in [5.74, 6) is 0. The zero-order valence-electron chi connectivity index (χ0n) is 18.6. The number of ether oxygens (including phenoxy) is 3. The first-order valence-electron chi connectivity index (χ1n) is 11.0. The van der Waals surface area contributed by atoms with Crippen LogP contribution >= 0.6 is 24.0 Å². The molecule has 1 aliphatic heterocycles. The Morgan fingerprint density at radius 1 is 0.968 bits per heavy atom. The zero-order valence-corrected chi connectivity index (χ0v) is 20.2. The second-order valence-corrected chi connectivity index (χ2v) is 9.45. The molecule has 2 aromatic carbocycles. The van der Waals surface area contributed by atoms with Gasteiger partial charge in [-0.1, -0.05) is 84.6 Å². The van der Waals surface area contributed by atoms with E-state index in [-0.39, 0.29) is 23.7 Å². The van der Waals surface area contributed by atoms with Gasteiger partial charge in [0.1, 0.15) is 15.9 Å². The van der Waals surface area contributed by atoms with Gasteiger partial charge >= 0.3 is 0 Å². The number of thioether (sulfide) groups is 1. The third-order valence-corrected chi connectivity index (χ3v) is 7.04. The summed E-state index contributed by atoms with van der Waals surface area (Å²) in [6, 6.07) is 20.5. The molecule has 0 aromatic heterocycles. The van der Waals surface area contributed by atoms with Crippen molar-refractivity contribution in [1.82, 2.24) is 4.90 Å². The van der Waals surface area contributed by atoms with E-state index in [1.165, 1.54) is 0 Å². The Labute approximate surface area is 196 Å². The first-order valence-corrected chi connectivity index (χ1v) is 12.3. The molecule has 4 atom stereocenters. The number of thiocarbonyl (C=S) groups is 1. The number of benzene rings is 2. The fourth-order valence-electron chi connectivity index (χ4n) is 3.69. The highest BCUT2D eigenvalue weighted by Crippen LogP contribution is 2.33. The molecule has 1 saturated heterocycles. The maximum atomic E-state index is 6.39. The van der Waals surface area contributed by atoms with Crippen LogP contribution in [0.5, 0.6) is 0 Å². The number of rotatable bonds is 9. The fourth-order valence-corrected chi connectivity index (χ4v) is 5.42. The zero-order chi connectivity index (χ0) is 22.1. The van der Waals surface area contributed by atoms with Gasteiger partial charge in [-0.15, -0.1) is 0 Å². The quantitative estimate of drug-likeness (QED) is 0.450. The first-order chi connectivity index (χ1) is 15.1. The molecular weight excluding hydrogens is 426 g/mol. The van der Waals surface area contributed by atoms with Gasteiger partial charge in [0.15, 0.2) is 0 Å². The van der Waals surface area contributed by atoms with Crippen LogP contribution in [0.2, 0.25) is 0 Å². The second kappa shape index (κ2) is 12.6. The summed E-state index contributed by atoms with van der Waals surface area (Å²) in [5, 5.41) is 0. The molecule has 0 unspecified atom stereocenters. The summed E-state index contributed by atoms with van der Waals surface area (Å²) in [4.78, 5) is 2.19. The largest absolute Gasteiger partial charge is 0.371 e. The van der Waals surface area contributed by atoms with Crippen molar-refractivity contribution in [1.29, 1.82) is 0 Å². The van der Waals surface area contributed by atoms with Gasteiger partial charge in [-0.05, 0) is 31.9 Å². The highest BCUT2D eigenvalue weighted by molar-refractivity contribution is 8.23. The number of nitrogens with zero attached hydrogens (tertiary/aromatic N) is 1. The van der Waals surface area contributed by atoms with E-state index in [0.717, 1.165) is 35.0 Å². The average molecular weight is 460 g/mol. The molecule has 1 aliphatic rings. The van der Waals surface area contributed by atoms with Crippen LogP contribution in [0, 0.1) is 0 Å². The molecule has 0 radical (unpaired) electrons. The lowest BCUT2D eigenvalue weighted by Gasteiger charge is -2.40. The standard InChI is InChI=1S/C25H33NO3S2/c1-4-26(5-2)25(30)31-23-16-22(27-17-20-12-8-6-9-13-20)24(19(3)29-23)28-18-21-14-10-7-11-15-21/h6-15,19,22-24H,4-5,16-18H2,1-3H3/t19-,22-,23-,24-/m0/s1. The molecule has 31 heavy (non-hydrogen) atoms. The molecule has 0 amide bonds. The van der Waals surface area contributed by atoms with E-state index in [9.17, 15) is 0 Å². The van der Waals surface area contributed by atoms with E-state index in [1.807, 2.05) is 36.4 Å². The van der Waals surface area contributed by atoms with Crippen LogP contribution in [0.25, 0.3) is 0 Å². The summed E-state index contributed by atoms with van der Waals surface area (Å²) in [6.45, 7) is 9.23. The molecule has 0 spiro atoms. The van der Waals surface area contributed by atoms with Gasteiger partial charge in [-0.3, -0.25) is 0 Å². The van der Waals surface area contributed by atoms with E-state index < -0.39 is 0 Å². The van der Waals surface area contributed by atoms with Crippen LogP contribution in [0.15, 0.2) is 60.7 Å². The average Bonchev–Trinajstić information content (AvgIpc) is 2.79. The Balaban J connectivity index is 1.66. The molecule has 168 valence electrons. The Bertz CT molecular complexity index is 786. The second-order valence-electron chi connectivity index (χ2n) is 7.66. The summed E-state index contributed by atoms with van der Waals surface area (Å²) >= 11 is 7.28. The molecule has 1 fully saturated rings. The Kier molecular flexibility index (Phi) is 9.81. The molecule has 2 aromatic rings. The van der Waals surface area contributed by atoms with Gasteiger partial charge in [-0.2, -0.15) is 0 Å². The van der Waals surface area contributed by atoms with Gasteiger partial charge < -0.3 is 19.1 Å². The number of hydrogen-bond acceptors (Lipinski definition) is 5. The van der Waals surface area contributed by atoms with Crippen LogP contribution in [0.1, 0.15) is 38.3 Å². The van der Waals surface area contributed by atoms with Crippen molar-refractivity contribution in [2.45, 2.75) is 64.2 Å². The molecule has 4 nitrogen and oxygen atoms in total. The van der Waals surface area contributed by atoms with Crippen molar-refractivity contribution in [2.75, 3.05) is 13.1 Å². The van der Waals surface area contributed by atoms with Crippen LogP contribution in [-0.4, -0.2) is 46.1 Å². The highest BCUT2D eigenvalue weighted by atomic mass is 32.2. The van der Waals surface area contributed by atoms with E-state index in [0.29, 0.717) is 13.2 Å². The van der Waals surface area contributed by atoms with E-state index in [1.54, 1.807) is 11.8 Å². The van der Waals surface area contributed by atoms with Crippen LogP contribution < -0.4 is 0 Å². The van der Waals surface area contributed by atoms with Gasteiger partial charge in [-0.25, -0.2) is 0 Å². The molecular formula is C25H33NO3S2. The van der Waals surface area contributed by atoms with Gasteiger partial charge in [0.25, 0.3) is 0 Å². The molecule has 3 rings (SSSR count). The summed E-state index contributed by atoms with van der Waals surface area (Å²) in [6.07, 6.45) is 0.450. The van der Waals surface area contributed by atoms with E-state index >= 15 is 0 Å². The van der Waals surface area contributed by atoms with Crippen molar-refractivity contribution < 1.29 is 14.2 Å². The van der Waals surface area contributed by atoms with Gasteiger partial charge in [0.2, 0.25) is 0 Å². The van der Waals surface area contributed by atoms with Crippen LogP contribution in [-0.2, 0) is 27.4 Å². The summed E-state index contributed by atoms with van der Waals surface area (Å²) in [7, 11) is 0. The smallest absolute Gasteiger partial charge is 0.138 e. The lowest BCUT2D eigenvalue weighted by Crippen LogP contribution is -2.49. The lowest BCUT2D eigenvalue weighted by atomic mass is 10.0. The topological polar surface area (TPSA) is 30.9 Å². The predicted octanol–water partition coefficient (Wildman–Crippen LogP) is 5.65. The van der Waals surface area contributed by atoms with E-state index in [4.69, 9.17) is 26.4 Å². The molecule has 0 saturated carbocycles. The Hall–Kier alpha value is -1.44. The van der Waals surface area contributed by atoms with E-state index in [2.05, 4.69) is 49.9 Å². The minimum absolute atomic E-state index is 0.0413. The Morgan fingerprint density at radius 2 is 1.52 bits per heavy atom. The maximum absolute atomic E-state index is 6.39. The minimum Gasteiger partial charge on any atom is -0.371 e. The van der Waals surface area contributed by atoms with Crippen LogP contribution in [0.4, 0.5) is 0 Å². The van der Waals surface area contributed by atoms with Crippen molar-refractivity contribution in [2.24, 2.45) is 0 Å².